The molecule has 0 aliphatic heterocycles. The highest BCUT2D eigenvalue weighted by Crippen LogP contribution is 2.20. The number of hydrogen-bond acceptors (Lipinski definition) is 5. The summed E-state index contributed by atoms with van der Waals surface area (Å²) in [5.41, 5.74) is 0.892. The Morgan fingerprint density at radius 1 is 0.812 bits per heavy atom. The number of carbonyl (C=O) groups is 3. The largest absolute Gasteiger partial charge is 0.461 e. The Morgan fingerprint density at radius 3 is 1.97 bits per heavy atom. The van der Waals surface area contributed by atoms with Crippen LogP contribution >= 0.6 is 0 Å². The van der Waals surface area contributed by atoms with Crippen LogP contribution in [0.3, 0.4) is 0 Å². The third-order valence-electron chi connectivity index (χ3n) is 5.76. The molecule has 1 heterocycles. The van der Waals surface area contributed by atoms with E-state index in [1.54, 1.807) is 24.3 Å². The molecular formula is C26H37NO5. The van der Waals surface area contributed by atoms with E-state index < -0.39 is 12.1 Å². The van der Waals surface area contributed by atoms with Gasteiger partial charge in [-0.3, -0.25) is 4.79 Å². The van der Waals surface area contributed by atoms with Crippen LogP contribution in [0.5, 0.6) is 0 Å². The average molecular weight is 444 g/mol. The Balaban J connectivity index is 1.52. The van der Waals surface area contributed by atoms with Gasteiger partial charge in [0.15, 0.2) is 6.29 Å². The first kappa shape index (κ1) is 25.6. The van der Waals surface area contributed by atoms with Gasteiger partial charge in [0.1, 0.15) is 0 Å². The molecule has 6 nitrogen and oxygen atoms in total. The zero-order chi connectivity index (χ0) is 23.0. The number of carbonyl (C=O) groups excluding carboxylic acids is 3. The first-order valence-corrected chi connectivity index (χ1v) is 12.1. The summed E-state index contributed by atoms with van der Waals surface area (Å²) in [6, 6.07) is 6.96. The molecule has 2 aromatic rings. The number of rotatable bonds is 15. The average Bonchev–Trinajstić information content (AvgIpc) is 3.19. The molecule has 2 rings (SSSR count). The molecule has 0 bridgehead atoms. The molecule has 176 valence electrons. The number of fused-ring (bicyclic) bond motifs is 1. The van der Waals surface area contributed by atoms with Crippen LogP contribution in [0.4, 0.5) is 4.79 Å². The topological polar surface area (TPSA) is 74.6 Å². The third kappa shape index (κ3) is 8.85. The molecular weight excluding hydrogens is 406 g/mol. The van der Waals surface area contributed by atoms with Crippen molar-refractivity contribution in [3.05, 3.63) is 36.0 Å². The van der Waals surface area contributed by atoms with E-state index in [-0.39, 0.29) is 6.42 Å². The van der Waals surface area contributed by atoms with Crippen molar-refractivity contribution in [2.75, 3.05) is 0 Å². The molecule has 0 saturated carbocycles. The molecule has 0 aliphatic carbocycles. The fourth-order valence-electron chi connectivity index (χ4n) is 3.90. The molecule has 6 heteroatoms. The molecule has 1 aromatic carbocycles. The van der Waals surface area contributed by atoms with Crippen LogP contribution in [-0.2, 0) is 14.6 Å². The molecule has 0 unspecified atom stereocenters. The van der Waals surface area contributed by atoms with Gasteiger partial charge in [-0.1, -0.05) is 102 Å². The van der Waals surface area contributed by atoms with Gasteiger partial charge in [0.2, 0.25) is 0 Å². The Labute approximate surface area is 191 Å². The third-order valence-corrected chi connectivity index (χ3v) is 5.76. The van der Waals surface area contributed by atoms with Gasteiger partial charge in [-0.25, -0.2) is 23.9 Å². The van der Waals surface area contributed by atoms with Gasteiger partial charge in [0, 0.05) is 17.1 Å². The van der Waals surface area contributed by atoms with Gasteiger partial charge in [-0.15, -0.1) is 0 Å². The number of unbranched alkanes of at least 4 members (excludes halogenated alkanes) is 12. The molecule has 0 amide bonds. The van der Waals surface area contributed by atoms with Gasteiger partial charge < -0.3 is 0 Å². The van der Waals surface area contributed by atoms with Crippen LogP contribution in [0.15, 0.2) is 30.5 Å². The molecule has 0 saturated heterocycles. The van der Waals surface area contributed by atoms with E-state index in [0.717, 1.165) is 23.8 Å². The van der Waals surface area contributed by atoms with Crippen molar-refractivity contribution in [1.82, 2.24) is 4.57 Å². The van der Waals surface area contributed by atoms with Gasteiger partial charge in [-0.2, -0.15) is 0 Å². The standard InChI is InChI=1S/C26H37NO5/c1-2-3-4-5-6-7-8-9-10-11-12-13-14-19-25(29)31-32-26(30)27-20-22(21-28)23-17-15-16-18-24(23)27/h15-18,20-21H,2-14,19H2,1H3. The lowest BCUT2D eigenvalue weighted by atomic mass is 10.0. The molecule has 0 atom stereocenters. The molecule has 1 aromatic heterocycles. The predicted molar refractivity (Wildman–Crippen MR) is 126 cm³/mol. The normalized spacial score (nSPS) is 10.9. The highest BCUT2D eigenvalue weighted by atomic mass is 17.2. The van der Waals surface area contributed by atoms with E-state index in [9.17, 15) is 14.4 Å². The molecule has 0 radical (unpaired) electrons. The molecule has 0 N–H and O–H groups in total. The van der Waals surface area contributed by atoms with E-state index in [2.05, 4.69) is 16.7 Å². The molecule has 0 aliphatic rings. The Bertz CT molecular complexity index is 842. The van der Waals surface area contributed by atoms with Crippen molar-refractivity contribution in [3.63, 3.8) is 0 Å². The predicted octanol–water partition coefficient (Wildman–Crippen LogP) is 7.38. The number of hydrogen-bond donors (Lipinski definition) is 0. The Kier molecular flexibility index (Phi) is 12.2. The first-order chi connectivity index (χ1) is 15.7. The number of nitrogens with zero attached hydrogens (tertiary/aromatic N) is 1. The van der Waals surface area contributed by atoms with Crippen molar-refractivity contribution in [1.29, 1.82) is 0 Å². The summed E-state index contributed by atoms with van der Waals surface area (Å²) in [4.78, 5) is 44.6. The van der Waals surface area contributed by atoms with E-state index >= 15 is 0 Å². The quantitative estimate of drug-likeness (QED) is 0.124. The van der Waals surface area contributed by atoms with Crippen molar-refractivity contribution in [3.8, 4) is 0 Å². The van der Waals surface area contributed by atoms with Crippen molar-refractivity contribution in [2.24, 2.45) is 0 Å². The summed E-state index contributed by atoms with van der Waals surface area (Å²) in [6.45, 7) is 2.25. The highest BCUT2D eigenvalue weighted by molar-refractivity contribution is 6.01. The summed E-state index contributed by atoms with van der Waals surface area (Å²) in [5, 5.41) is 0.637. The Morgan fingerprint density at radius 2 is 1.38 bits per heavy atom. The highest BCUT2D eigenvalue weighted by Gasteiger charge is 2.16. The minimum absolute atomic E-state index is 0.219. The van der Waals surface area contributed by atoms with Crippen LogP contribution in [0.2, 0.25) is 0 Å². The van der Waals surface area contributed by atoms with Gasteiger partial charge in [0.05, 0.1) is 11.9 Å². The maximum Gasteiger partial charge on any atom is 0.461 e. The fourth-order valence-corrected chi connectivity index (χ4v) is 3.90. The summed E-state index contributed by atoms with van der Waals surface area (Å²) >= 11 is 0. The lowest BCUT2D eigenvalue weighted by molar-refractivity contribution is -0.232. The zero-order valence-corrected chi connectivity index (χ0v) is 19.4. The summed E-state index contributed by atoms with van der Waals surface area (Å²) in [5.74, 6) is -0.562. The SMILES string of the molecule is CCCCCCCCCCCCCCCC(=O)OOC(=O)n1cc(C=O)c2ccccc21. The molecule has 0 fully saturated rings. The van der Waals surface area contributed by atoms with Crippen molar-refractivity contribution in [2.45, 2.75) is 96.8 Å². The number of aldehydes is 1. The summed E-state index contributed by atoms with van der Waals surface area (Å²) in [6.07, 6.45) is 17.4. The number of para-hydroxylation sites is 1. The smallest absolute Gasteiger partial charge is 0.298 e. The van der Waals surface area contributed by atoms with Crippen LogP contribution in [-0.4, -0.2) is 22.9 Å². The van der Waals surface area contributed by atoms with E-state index in [4.69, 9.17) is 0 Å². The van der Waals surface area contributed by atoms with E-state index in [0.29, 0.717) is 22.8 Å². The summed E-state index contributed by atoms with van der Waals surface area (Å²) in [7, 11) is 0. The van der Waals surface area contributed by atoms with Gasteiger partial charge in [0.25, 0.3) is 0 Å². The van der Waals surface area contributed by atoms with Crippen LogP contribution < -0.4 is 0 Å². The lowest BCUT2D eigenvalue weighted by Crippen LogP contribution is -2.16. The van der Waals surface area contributed by atoms with Crippen LogP contribution in [0.25, 0.3) is 10.9 Å². The monoisotopic (exact) mass is 443 g/mol. The van der Waals surface area contributed by atoms with E-state index in [1.165, 1.54) is 70.4 Å². The van der Waals surface area contributed by atoms with Crippen LogP contribution in [0, 0.1) is 0 Å². The second-order valence-corrected chi connectivity index (χ2v) is 8.39. The molecule has 0 spiro atoms. The van der Waals surface area contributed by atoms with Gasteiger partial charge >= 0.3 is 12.1 Å². The number of aromatic nitrogens is 1. The first-order valence-electron chi connectivity index (χ1n) is 12.1. The molecule has 32 heavy (non-hydrogen) atoms. The Hall–Kier alpha value is -2.63. The van der Waals surface area contributed by atoms with Crippen molar-refractivity contribution >= 4 is 29.3 Å². The second kappa shape index (κ2) is 15.2. The number of benzene rings is 1. The fraction of sp³-hybridized carbons (Fsp3) is 0.577. The van der Waals surface area contributed by atoms with Gasteiger partial charge in [-0.05, 0) is 12.5 Å². The van der Waals surface area contributed by atoms with E-state index in [1.807, 2.05) is 0 Å². The summed E-state index contributed by atoms with van der Waals surface area (Å²) < 4.78 is 1.16. The minimum Gasteiger partial charge on any atom is -0.298 e. The maximum absolute atomic E-state index is 12.2. The lowest BCUT2D eigenvalue weighted by Gasteiger charge is -2.05. The van der Waals surface area contributed by atoms with Crippen LogP contribution in [0.1, 0.15) is 107 Å². The van der Waals surface area contributed by atoms with Crippen molar-refractivity contribution < 1.29 is 24.2 Å². The maximum atomic E-state index is 12.2. The zero-order valence-electron chi connectivity index (χ0n) is 19.4. The second-order valence-electron chi connectivity index (χ2n) is 8.39. The minimum atomic E-state index is -0.854.